The SMILES string of the molecule is CC(=O)Nc1ccc(-c2csc3nc(Nc4nc5ccccc5nc4N4CCCC4)nn23)cc1. The number of aromatic nitrogens is 5. The second kappa shape index (κ2) is 8.38. The molecule has 0 atom stereocenters. The molecule has 5 aromatic rings. The van der Waals surface area contributed by atoms with Crippen molar-refractivity contribution >= 4 is 56.5 Å². The number of fused-ring (bicyclic) bond motifs is 2. The molecule has 0 spiro atoms. The Kier molecular flexibility index (Phi) is 5.06. The molecule has 0 aliphatic carbocycles. The van der Waals surface area contributed by atoms with Crippen LogP contribution < -0.4 is 15.5 Å². The van der Waals surface area contributed by atoms with Crippen molar-refractivity contribution in [2.24, 2.45) is 0 Å². The highest BCUT2D eigenvalue weighted by molar-refractivity contribution is 7.15. The van der Waals surface area contributed by atoms with E-state index in [4.69, 9.17) is 15.1 Å². The van der Waals surface area contributed by atoms with Crippen molar-refractivity contribution in [3.05, 3.63) is 53.9 Å². The molecular weight excluding hydrogens is 448 g/mol. The van der Waals surface area contributed by atoms with Gasteiger partial charge in [0.25, 0.3) is 0 Å². The van der Waals surface area contributed by atoms with Gasteiger partial charge >= 0.3 is 0 Å². The average Bonchev–Trinajstić information content (AvgIpc) is 3.57. The van der Waals surface area contributed by atoms with Crippen molar-refractivity contribution < 1.29 is 4.79 Å². The van der Waals surface area contributed by atoms with Gasteiger partial charge in [-0.1, -0.05) is 24.3 Å². The van der Waals surface area contributed by atoms with Crippen molar-refractivity contribution in [2.45, 2.75) is 19.8 Å². The molecule has 2 N–H and O–H groups in total. The summed E-state index contributed by atoms with van der Waals surface area (Å²) in [5.74, 6) is 1.89. The quantitative estimate of drug-likeness (QED) is 0.384. The summed E-state index contributed by atoms with van der Waals surface area (Å²) < 4.78 is 1.82. The van der Waals surface area contributed by atoms with Crippen molar-refractivity contribution in [3.63, 3.8) is 0 Å². The van der Waals surface area contributed by atoms with E-state index in [0.717, 1.165) is 64.7 Å². The number of anilines is 4. The summed E-state index contributed by atoms with van der Waals surface area (Å²) in [6.45, 7) is 3.42. The van der Waals surface area contributed by atoms with E-state index in [9.17, 15) is 4.79 Å². The molecule has 1 aliphatic rings. The molecule has 0 radical (unpaired) electrons. The van der Waals surface area contributed by atoms with Gasteiger partial charge in [0, 0.05) is 36.6 Å². The molecule has 1 saturated heterocycles. The Morgan fingerprint density at radius 3 is 2.44 bits per heavy atom. The number of rotatable bonds is 5. The van der Waals surface area contributed by atoms with E-state index >= 15 is 0 Å². The fraction of sp³-hybridized carbons (Fsp3) is 0.208. The van der Waals surface area contributed by atoms with Crippen LogP contribution in [0.3, 0.4) is 0 Å². The first kappa shape index (κ1) is 20.5. The summed E-state index contributed by atoms with van der Waals surface area (Å²) in [5, 5.41) is 12.9. The van der Waals surface area contributed by atoms with Gasteiger partial charge in [-0.2, -0.15) is 4.98 Å². The van der Waals surface area contributed by atoms with Crippen molar-refractivity contribution in [3.8, 4) is 11.3 Å². The summed E-state index contributed by atoms with van der Waals surface area (Å²) in [6.07, 6.45) is 2.30. The molecule has 0 unspecified atom stereocenters. The predicted octanol–water partition coefficient (Wildman–Crippen LogP) is 4.70. The zero-order valence-corrected chi connectivity index (χ0v) is 19.3. The van der Waals surface area contributed by atoms with Gasteiger partial charge < -0.3 is 15.5 Å². The van der Waals surface area contributed by atoms with Crippen LogP contribution in [0.1, 0.15) is 19.8 Å². The van der Waals surface area contributed by atoms with Gasteiger partial charge in [-0.15, -0.1) is 16.4 Å². The molecule has 4 heterocycles. The maximum Gasteiger partial charge on any atom is 0.249 e. The van der Waals surface area contributed by atoms with Crippen LogP contribution in [-0.4, -0.2) is 43.6 Å². The van der Waals surface area contributed by atoms with E-state index < -0.39 is 0 Å². The predicted molar refractivity (Wildman–Crippen MR) is 135 cm³/mol. The third-order valence-electron chi connectivity index (χ3n) is 5.77. The lowest BCUT2D eigenvalue weighted by molar-refractivity contribution is -0.114. The van der Waals surface area contributed by atoms with Gasteiger partial charge in [0.2, 0.25) is 16.8 Å². The third kappa shape index (κ3) is 3.81. The van der Waals surface area contributed by atoms with E-state index in [1.165, 1.54) is 18.3 Å². The first-order valence-electron chi connectivity index (χ1n) is 11.1. The molecule has 1 fully saturated rings. The summed E-state index contributed by atoms with van der Waals surface area (Å²) in [4.78, 5) is 28.7. The Bertz CT molecular complexity index is 1500. The van der Waals surface area contributed by atoms with Crippen LogP contribution in [0.15, 0.2) is 53.9 Å². The lowest BCUT2D eigenvalue weighted by Gasteiger charge is -2.19. The number of nitrogens with one attached hydrogen (secondary N) is 2. The molecular formula is C24H22N8OS. The molecule has 2 aromatic carbocycles. The van der Waals surface area contributed by atoms with Gasteiger partial charge in [0.15, 0.2) is 11.6 Å². The van der Waals surface area contributed by atoms with Crippen LogP contribution in [0.5, 0.6) is 0 Å². The Morgan fingerprint density at radius 1 is 0.971 bits per heavy atom. The molecule has 0 bridgehead atoms. The maximum atomic E-state index is 11.3. The van der Waals surface area contributed by atoms with Crippen LogP contribution in [-0.2, 0) is 4.79 Å². The number of benzene rings is 2. The first-order valence-corrected chi connectivity index (χ1v) is 12.0. The summed E-state index contributed by atoms with van der Waals surface area (Å²) >= 11 is 1.52. The van der Waals surface area contributed by atoms with Crippen molar-refractivity contribution in [2.75, 3.05) is 28.6 Å². The van der Waals surface area contributed by atoms with Crippen LogP contribution in [0.25, 0.3) is 27.3 Å². The largest absolute Gasteiger partial charge is 0.354 e. The van der Waals surface area contributed by atoms with E-state index in [2.05, 4.69) is 20.5 Å². The summed E-state index contributed by atoms with van der Waals surface area (Å²) in [6, 6.07) is 15.6. The number of nitrogens with zero attached hydrogens (tertiary/aromatic N) is 6. The smallest absolute Gasteiger partial charge is 0.249 e. The molecule has 3 aromatic heterocycles. The Morgan fingerprint density at radius 2 is 1.71 bits per heavy atom. The first-order chi connectivity index (χ1) is 16.6. The topological polar surface area (TPSA) is 100 Å². The van der Waals surface area contributed by atoms with E-state index in [0.29, 0.717) is 11.8 Å². The summed E-state index contributed by atoms with van der Waals surface area (Å²) in [7, 11) is 0. The van der Waals surface area contributed by atoms with E-state index in [1.54, 1.807) is 0 Å². The molecule has 34 heavy (non-hydrogen) atoms. The fourth-order valence-corrected chi connectivity index (χ4v) is 5.02. The Balaban J connectivity index is 1.34. The van der Waals surface area contributed by atoms with Crippen molar-refractivity contribution in [1.82, 2.24) is 24.6 Å². The fourth-order valence-electron chi connectivity index (χ4n) is 4.19. The van der Waals surface area contributed by atoms with Gasteiger partial charge in [-0.25, -0.2) is 14.5 Å². The van der Waals surface area contributed by atoms with E-state index in [-0.39, 0.29) is 5.91 Å². The molecule has 9 nitrogen and oxygen atoms in total. The van der Waals surface area contributed by atoms with Gasteiger partial charge in [0.1, 0.15) is 0 Å². The second-order valence-corrected chi connectivity index (χ2v) is 9.05. The average molecular weight is 471 g/mol. The normalized spacial score (nSPS) is 13.6. The minimum Gasteiger partial charge on any atom is -0.354 e. The molecule has 0 saturated carbocycles. The highest BCUT2D eigenvalue weighted by Gasteiger charge is 2.21. The van der Waals surface area contributed by atoms with Gasteiger partial charge in [0.05, 0.1) is 16.7 Å². The molecule has 1 amide bonds. The molecule has 170 valence electrons. The van der Waals surface area contributed by atoms with Crippen LogP contribution in [0.2, 0.25) is 0 Å². The number of thiazole rings is 1. The van der Waals surface area contributed by atoms with Gasteiger partial charge in [-0.3, -0.25) is 4.79 Å². The molecule has 1 aliphatic heterocycles. The maximum absolute atomic E-state index is 11.3. The zero-order chi connectivity index (χ0) is 23.1. The molecule has 10 heteroatoms. The van der Waals surface area contributed by atoms with Crippen LogP contribution in [0.4, 0.5) is 23.3 Å². The number of carbonyl (C=O) groups is 1. The van der Waals surface area contributed by atoms with Crippen LogP contribution in [0, 0.1) is 0 Å². The van der Waals surface area contributed by atoms with Crippen molar-refractivity contribution in [1.29, 1.82) is 0 Å². The Hall–Kier alpha value is -4.05. The minimum atomic E-state index is -0.0947. The van der Waals surface area contributed by atoms with Gasteiger partial charge in [-0.05, 0) is 37.1 Å². The second-order valence-electron chi connectivity index (χ2n) is 8.21. The standard InChI is InChI=1S/C24H22N8OS/c1-15(33)25-17-10-8-16(9-11-17)20-14-34-24-29-23(30-32(20)24)28-21-22(31-12-4-5-13-31)27-19-7-3-2-6-18(19)26-21/h2-3,6-11,14H,4-5,12-13H2,1H3,(H,25,33)(H,26,28,30). The number of amides is 1. The van der Waals surface area contributed by atoms with E-state index in [1.807, 2.05) is 58.4 Å². The lowest BCUT2D eigenvalue weighted by Crippen LogP contribution is -2.21. The molecule has 6 rings (SSSR count). The Labute approximate surface area is 199 Å². The van der Waals surface area contributed by atoms with Crippen LogP contribution >= 0.6 is 11.3 Å². The number of para-hydroxylation sites is 2. The summed E-state index contributed by atoms with van der Waals surface area (Å²) in [5.41, 5.74) is 4.37. The lowest BCUT2D eigenvalue weighted by atomic mass is 10.1. The third-order valence-corrected chi connectivity index (χ3v) is 6.59. The highest BCUT2D eigenvalue weighted by atomic mass is 32.1. The number of carbonyl (C=O) groups excluding carboxylic acids is 1. The minimum absolute atomic E-state index is 0.0947. The zero-order valence-electron chi connectivity index (χ0n) is 18.5. The number of hydrogen-bond donors (Lipinski definition) is 2. The monoisotopic (exact) mass is 470 g/mol. The number of hydrogen-bond acceptors (Lipinski definition) is 8. The highest BCUT2D eigenvalue weighted by Crippen LogP contribution is 2.31.